The molecule has 0 radical (unpaired) electrons. The summed E-state index contributed by atoms with van der Waals surface area (Å²) < 4.78 is 48.5. The Bertz CT molecular complexity index is 1330. The fourth-order valence-electron chi connectivity index (χ4n) is 4.85. The molecule has 1 fully saturated rings. The average molecular weight is 656 g/mol. The van der Waals surface area contributed by atoms with Crippen LogP contribution in [0.4, 0.5) is 0 Å². The second kappa shape index (κ2) is 15.5. The van der Waals surface area contributed by atoms with Crippen molar-refractivity contribution in [2.75, 3.05) is 24.8 Å². The third-order valence-electron chi connectivity index (χ3n) is 6.98. The fourth-order valence-corrected chi connectivity index (χ4v) is 6.26. The number of benzene rings is 1. The molecule has 6 N–H and O–H groups in total. The van der Waals surface area contributed by atoms with Crippen molar-refractivity contribution in [1.82, 2.24) is 15.4 Å². The molecule has 0 spiro atoms. The molecule has 1 aromatic carbocycles. The molecule has 1 saturated carbocycles. The first kappa shape index (κ1) is 37.1. The minimum Gasteiger partial charge on any atom is -0.508 e. The van der Waals surface area contributed by atoms with E-state index in [9.17, 15) is 51.3 Å². The van der Waals surface area contributed by atoms with Crippen molar-refractivity contribution in [2.24, 2.45) is 11.3 Å². The maximum atomic E-state index is 13.4. The molecular formula is C25H38ClN3O11S2. The van der Waals surface area contributed by atoms with Crippen LogP contribution in [0, 0.1) is 11.3 Å². The molecule has 17 heteroatoms. The van der Waals surface area contributed by atoms with E-state index in [1.165, 1.54) is 24.3 Å². The zero-order chi connectivity index (χ0) is 31.0. The normalized spacial score (nSPS) is 16.8. The second-order valence-electron chi connectivity index (χ2n) is 10.6. The number of aliphatic carboxylic acids is 2. The van der Waals surface area contributed by atoms with Gasteiger partial charge in [-0.05, 0) is 43.4 Å². The second-order valence-corrected chi connectivity index (χ2v) is 14.6. The van der Waals surface area contributed by atoms with Gasteiger partial charge in [0.25, 0.3) is 0 Å². The van der Waals surface area contributed by atoms with Crippen LogP contribution in [0.1, 0.15) is 44.1 Å². The lowest BCUT2D eigenvalue weighted by Gasteiger charge is -2.32. The Balaban J connectivity index is 0.00000882. The fraction of sp³-hybridized carbons (Fsp3) is 0.600. The van der Waals surface area contributed by atoms with Crippen molar-refractivity contribution in [3.8, 4) is 5.75 Å². The number of nitrogens with one attached hydrogen (secondary N) is 3. The number of sulfone groups is 1. The average Bonchev–Trinajstić information content (AvgIpc) is 3.33. The molecule has 1 aliphatic rings. The number of halogens is 1. The Kier molecular flexibility index (Phi) is 13.7. The minimum atomic E-state index is -3.91. The third-order valence-corrected chi connectivity index (χ3v) is 8.67. The van der Waals surface area contributed by atoms with Gasteiger partial charge in [-0.3, -0.25) is 14.4 Å². The van der Waals surface area contributed by atoms with Crippen LogP contribution in [0.25, 0.3) is 0 Å². The number of aromatic hydroxyl groups is 1. The van der Waals surface area contributed by atoms with Gasteiger partial charge in [0.15, 0.2) is 0 Å². The van der Waals surface area contributed by atoms with Gasteiger partial charge >= 0.3 is 11.9 Å². The summed E-state index contributed by atoms with van der Waals surface area (Å²) in [5.74, 6) is -5.94. The highest BCUT2D eigenvalue weighted by atomic mass is 35.5. The summed E-state index contributed by atoms with van der Waals surface area (Å²) >= 11 is 0. The van der Waals surface area contributed by atoms with Crippen molar-refractivity contribution in [3.05, 3.63) is 29.8 Å². The van der Waals surface area contributed by atoms with E-state index in [2.05, 4.69) is 15.4 Å². The van der Waals surface area contributed by atoms with Crippen molar-refractivity contribution < 1.29 is 51.3 Å². The molecule has 0 aliphatic heterocycles. The summed E-state index contributed by atoms with van der Waals surface area (Å²) in [4.78, 5) is 50.2. The Morgan fingerprint density at radius 2 is 1.50 bits per heavy atom. The van der Waals surface area contributed by atoms with Crippen LogP contribution >= 0.6 is 12.4 Å². The zero-order valence-corrected chi connectivity index (χ0v) is 25.7. The molecule has 1 aliphatic carbocycles. The molecule has 0 unspecified atom stereocenters. The number of carboxylic acid groups (broad SMARTS) is 2. The lowest BCUT2D eigenvalue weighted by molar-refractivity contribution is -0.147. The molecule has 0 heterocycles. The van der Waals surface area contributed by atoms with E-state index >= 15 is 0 Å². The number of carboxylic acids is 2. The summed E-state index contributed by atoms with van der Waals surface area (Å²) in [6.45, 7) is -0.472. The van der Waals surface area contributed by atoms with E-state index < -0.39 is 79.3 Å². The van der Waals surface area contributed by atoms with Gasteiger partial charge in [-0.15, -0.1) is 12.4 Å². The quantitative estimate of drug-likeness (QED) is 0.139. The van der Waals surface area contributed by atoms with Crippen LogP contribution < -0.4 is 15.4 Å². The van der Waals surface area contributed by atoms with Crippen molar-refractivity contribution in [2.45, 2.75) is 57.0 Å². The van der Waals surface area contributed by atoms with E-state index in [0.717, 1.165) is 12.5 Å². The van der Waals surface area contributed by atoms with Crippen LogP contribution in [0.15, 0.2) is 24.3 Å². The van der Waals surface area contributed by atoms with E-state index in [1.807, 2.05) is 0 Å². The van der Waals surface area contributed by atoms with Gasteiger partial charge in [0.2, 0.25) is 21.8 Å². The Hall–Kier alpha value is -2.95. The summed E-state index contributed by atoms with van der Waals surface area (Å²) in [6.07, 6.45) is 2.87. The Labute approximate surface area is 251 Å². The van der Waals surface area contributed by atoms with Crippen LogP contribution in [0.2, 0.25) is 0 Å². The van der Waals surface area contributed by atoms with Gasteiger partial charge in [-0.25, -0.2) is 26.4 Å². The largest absolute Gasteiger partial charge is 0.508 e. The van der Waals surface area contributed by atoms with E-state index in [4.69, 9.17) is 0 Å². The van der Waals surface area contributed by atoms with Crippen LogP contribution in [-0.2, 0) is 45.5 Å². The monoisotopic (exact) mass is 655 g/mol. The SMILES string of the molecule is CS(=O)(=O)CC[C@H](NS(C)(=O)=O)C(=O)NC[C@H](CC1(C(=O)N[C@@H](Cc2ccc(O)cc2)C(=O)O)CCCC1)C(=O)O.Cl. The third kappa shape index (κ3) is 12.1. The van der Waals surface area contributed by atoms with Crippen LogP contribution in [0.5, 0.6) is 5.75 Å². The van der Waals surface area contributed by atoms with Crippen molar-refractivity contribution in [3.63, 3.8) is 0 Å². The molecule has 0 bridgehead atoms. The first-order valence-corrected chi connectivity index (χ1v) is 16.8. The van der Waals surface area contributed by atoms with Crippen LogP contribution in [-0.4, -0.2) is 92.8 Å². The van der Waals surface area contributed by atoms with E-state index in [0.29, 0.717) is 31.2 Å². The molecule has 1 aromatic rings. The number of rotatable bonds is 16. The standard InChI is InChI=1S/C25H37N3O11S2.ClH/c1-40(36,37)12-9-19(28-41(2,38)39)21(30)26-15-17(22(31)32)14-25(10-3-4-11-25)24(35)27-20(23(33)34)13-16-5-7-18(29)8-6-16;/h5-8,17,19-20,28-29H,3-4,9-15H2,1-2H3,(H,26,30)(H,27,35)(H,31,32)(H,33,34);1H/t17-,19-,20-;/m0./s1. The number of hydrogen-bond acceptors (Lipinski definition) is 9. The number of amides is 2. The first-order valence-electron chi connectivity index (χ1n) is 12.9. The number of carbonyl (C=O) groups excluding carboxylic acids is 2. The zero-order valence-electron chi connectivity index (χ0n) is 23.2. The maximum absolute atomic E-state index is 13.4. The molecule has 238 valence electrons. The highest BCUT2D eigenvalue weighted by Crippen LogP contribution is 2.43. The Morgan fingerprint density at radius 3 is 1.98 bits per heavy atom. The van der Waals surface area contributed by atoms with Gasteiger partial charge in [-0.1, -0.05) is 25.0 Å². The lowest BCUT2D eigenvalue weighted by Crippen LogP contribution is -2.51. The molecule has 0 saturated heterocycles. The van der Waals surface area contributed by atoms with Crippen molar-refractivity contribution in [1.29, 1.82) is 0 Å². The molecule has 3 atom stereocenters. The highest BCUT2D eigenvalue weighted by Gasteiger charge is 2.45. The number of sulfonamides is 1. The number of phenols is 1. The molecule has 0 aromatic heterocycles. The molecule has 14 nitrogen and oxygen atoms in total. The summed E-state index contributed by atoms with van der Waals surface area (Å²) in [6, 6.07) is 3.04. The van der Waals surface area contributed by atoms with Gasteiger partial charge in [-0.2, -0.15) is 0 Å². The van der Waals surface area contributed by atoms with E-state index in [-0.39, 0.29) is 37.4 Å². The predicted molar refractivity (Wildman–Crippen MR) is 154 cm³/mol. The maximum Gasteiger partial charge on any atom is 0.326 e. The van der Waals surface area contributed by atoms with Crippen molar-refractivity contribution >= 4 is 56.0 Å². The lowest BCUT2D eigenvalue weighted by atomic mass is 9.76. The topological polar surface area (TPSA) is 233 Å². The summed E-state index contributed by atoms with van der Waals surface area (Å²) in [7, 11) is -7.44. The van der Waals surface area contributed by atoms with Crippen LogP contribution in [0.3, 0.4) is 0 Å². The smallest absolute Gasteiger partial charge is 0.326 e. The molecular weight excluding hydrogens is 618 g/mol. The Morgan fingerprint density at radius 1 is 0.929 bits per heavy atom. The minimum absolute atomic E-state index is 0. The number of hydrogen-bond donors (Lipinski definition) is 6. The van der Waals surface area contributed by atoms with Gasteiger partial charge in [0, 0.05) is 19.2 Å². The van der Waals surface area contributed by atoms with E-state index in [1.54, 1.807) is 0 Å². The van der Waals surface area contributed by atoms with Gasteiger partial charge in [0.1, 0.15) is 27.7 Å². The molecule has 2 rings (SSSR count). The first-order chi connectivity index (χ1) is 18.9. The highest BCUT2D eigenvalue weighted by molar-refractivity contribution is 7.90. The number of phenolic OH excluding ortho intramolecular Hbond substituents is 1. The van der Waals surface area contributed by atoms with Gasteiger partial charge < -0.3 is 26.0 Å². The van der Waals surface area contributed by atoms with Gasteiger partial charge in [0.05, 0.1) is 23.3 Å². The number of carbonyl (C=O) groups is 4. The molecule has 2 amide bonds. The summed E-state index contributed by atoms with van der Waals surface area (Å²) in [5.41, 5.74) is -0.660. The predicted octanol–water partition coefficient (Wildman–Crippen LogP) is 0.0459. The molecule has 42 heavy (non-hydrogen) atoms. The summed E-state index contributed by atoms with van der Waals surface area (Å²) in [5, 5.41) is 33.9.